The number of nitrogens with one attached hydrogen (secondary N) is 1. The Bertz CT molecular complexity index is 942. The number of benzene rings is 1. The Labute approximate surface area is 182 Å². The van der Waals surface area contributed by atoms with E-state index in [4.69, 9.17) is 9.47 Å². The van der Waals surface area contributed by atoms with Gasteiger partial charge in [-0.1, -0.05) is 0 Å². The largest absolute Gasteiger partial charge is 0.494 e. The summed E-state index contributed by atoms with van der Waals surface area (Å²) < 4.78 is 25.5. The van der Waals surface area contributed by atoms with Crippen LogP contribution in [-0.4, -0.2) is 48.6 Å². The standard InChI is InChI=1S/C22H26FN3O3.ClH/c1-4-29-15-5-6-17(23)16(13-15)14-11-19(24-20(12-14)28-3)18-7-8-22(25-18)9-10-26(2)21(22)27;/h5-6,11-13,18,25H,4,7-10H2,1-3H3;1H/t18-,22-;/m1./s1. The molecule has 0 bridgehead atoms. The highest BCUT2D eigenvalue weighted by molar-refractivity contribution is 5.88. The zero-order valence-corrected chi connectivity index (χ0v) is 18.2. The second-order valence-electron chi connectivity index (χ2n) is 7.69. The molecule has 2 fully saturated rings. The molecule has 1 amide bonds. The predicted molar refractivity (Wildman–Crippen MR) is 115 cm³/mol. The molecule has 4 rings (SSSR count). The summed E-state index contributed by atoms with van der Waals surface area (Å²) in [4.78, 5) is 19.0. The van der Waals surface area contributed by atoms with Gasteiger partial charge in [0.1, 0.15) is 17.1 Å². The molecule has 0 aliphatic carbocycles. The number of aromatic nitrogens is 1. The molecule has 1 aromatic heterocycles. The van der Waals surface area contributed by atoms with Crippen LogP contribution in [0.25, 0.3) is 11.1 Å². The first-order valence-corrected chi connectivity index (χ1v) is 9.98. The Balaban J connectivity index is 0.00000256. The number of pyridine rings is 1. The van der Waals surface area contributed by atoms with Gasteiger partial charge in [0.2, 0.25) is 11.8 Å². The van der Waals surface area contributed by atoms with Gasteiger partial charge in [-0.3, -0.25) is 10.1 Å². The fraction of sp³-hybridized carbons (Fsp3) is 0.455. The molecule has 2 aliphatic rings. The summed E-state index contributed by atoms with van der Waals surface area (Å²) in [6, 6.07) is 8.22. The Morgan fingerprint density at radius 3 is 2.77 bits per heavy atom. The minimum atomic E-state index is -0.509. The van der Waals surface area contributed by atoms with E-state index in [1.807, 2.05) is 20.0 Å². The van der Waals surface area contributed by atoms with Crippen LogP contribution in [0.3, 0.4) is 0 Å². The van der Waals surface area contributed by atoms with E-state index in [0.717, 1.165) is 31.5 Å². The SMILES string of the molecule is CCOc1ccc(F)c(-c2cc(OC)nc([C@H]3CC[C@]4(CCN(C)C4=O)N3)c2)c1.Cl. The summed E-state index contributed by atoms with van der Waals surface area (Å²) in [5, 5.41) is 3.51. The molecule has 0 unspecified atom stereocenters. The third kappa shape index (κ3) is 3.96. The van der Waals surface area contributed by atoms with E-state index in [9.17, 15) is 9.18 Å². The summed E-state index contributed by atoms with van der Waals surface area (Å²) in [6.07, 6.45) is 2.35. The highest BCUT2D eigenvalue weighted by Gasteiger charge is 2.50. The van der Waals surface area contributed by atoms with Crippen molar-refractivity contribution in [2.45, 2.75) is 37.8 Å². The molecule has 0 radical (unpaired) electrons. The van der Waals surface area contributed by atoms with E-state index in [-0.39, 0.29) is 30.2 Å². The first kappa shape index (κ1) is 22.3. The van der Waals surface area contributed by atoms with Crippen LogP contribution in [0.15, 0.2) is 30.3 Å². The molecule has 6 nitrogen and oxygen atoms in total. The highest BCUT2D eigenvalue weighted by atomic mass is 35.5. The third-order valence-corrected chi connectivity index (χ3v) is 5.89. The van der Waals surface area contributed by atoms with E-state index in [2.05, 4.69) is 10.3 Å². The quantitative estimate of drug-likeness (QED) is 0.775. The number of rotatable bonds is 5. The number of hydrogen-bond acceptors (Lipinski definition) is 5. The Kier molecular flexibility index (Phi) is 6.53. The lowest BCUT2D eigenvalue weighted by Gasteiger charge is -2.23. The van der Waals surface area contributed by atoms with Crippen LogP contribution in [0.5, 0.6) is 11.6 Å². The molecule has 2 aromatic rings. The molecule has 1 aromatic carbocycles. The fourth-order valence-corrected chi connectivity index (χ4v) is 4.34. The van der Waals surface area contributed by atoms with Crippen LogP contribution in [0.4, 0.5) is 4.39 Å². The lowest BCUT2D eigenvalue weighted by molar-refractivity contribution is -0.131. The van der Waals surface area contributed by atoms with Crippen molar-refractivity contribution in [1.29, 1.82) is 0 Å². The van der Waals surface area contributed by atoms with Crippen molar-refractivity contribution < 1.29 is 18.7 Å². The monoisotopic (exact) mass is 435 g/mol. The van der Waals surface area contributed by atoms with Crippen molar-refractivity contribution in [3.63, 3.8) is 0 Å². The Morgan fingerprint density at radius 2 is 2.10 bits per heavy atom. The summed E-state index contributed by atoms with van der Waals surface area (Å²) in [6.45, 7) is 3.15. The molecule has 2 saturated heterocycles. The molecule has 30 heavy (non-hydrogen) atoms. The molecule has 1 N–H and O–H groups in total. The number of halogens is 2. The maximum Gasteiger partial charge on any atom is 0.242 e. The van der Waals surface area contributed by atoms with Gasteiger partial charge >= 0.3 is 0 Å². The number of hydrogen-bond donors (Lipinski definition) is 1. The molecule has 2 atom stereocenters. The van der Waals surface area contributed by atoms with Crippen LogP contribution < -0.4 is 14.8 Å². The predicted octanol–water partition coefficient (Wildman–Crippen LogP) is 3.74. The summed E-state index contributed by atoms with van der Waals surface area (Å²) in [5.41, 5.74) is 1.34. The van der Waals surface area contributed by atoms with Gasteiger partial charge in [-0.25, -0.2) is 9.37 Å². The topological polar surface area (TPSA) is 63.7 Å². The van der Waals surface area contributed by atoms with Gasteiger partial charge in [-0.05, 0) is 56.0 Å². The minimum Gasteiger partial charge on any atom is -0.494 e. The first-order chi connectivity index (χ1) is 14.0. The van der Waals surface area contributed by atoms with E-state index in [0.29, 0.717) is 29.4 Å². The third-order valence-electron chi connectivity index (χ3n) is 5.89. The van der Waals surface area contributed by atoms with Gasteiger partial charge in [-0.2, -0.15) is 0 Å². The maximum atomic E-state index is 14.6. The van der Waals surface area contributed by atoms with E-state index < -0.39 is 5.54 Å². The van der Waals surface area contributed by atoms with Gasteiger partial charge in [0.15, 0.2) is 0 Å². The van der Waals surface area contributed by atoms with Crippen molar-refractivity contribution in [1.82, 2.24) is 15.2 Å². The van der Waals surface area contributed by atoms with Gasteiger partial charge < -0.3 is 14.4 Å². The minimum absolute atomic E-state index is 0. The number of methoxy groups -OCH3 is 1. The number of carbonyl (C=O) groups excluding carboxylic acids is 1. The molecule has 162 valence electrons. The maximum absolute atomic E-state index is 14.6. The number of nitrogens with zero attached hydrogens (tertiary/aromatic N) is 2. The molecule has 8 heteroatoms. The molecular weight excluding hydrogens is 409 g/mol. The van der Waals surface area contributed by atoms with Gasteiger partial charge in [-0.15, -0.1) is 12.4 Å². The summed E-state index contributed by atoms with van der Waals surface area (Å²) in [5.74, 6) is 0.824. The van der Waals surface area contributed by atoms with Gasteiger partial charge in [0.05, 0.1) is 25.5 Å². The number of ether oxygens (including phenoxy) is 2. The average molecular weight is 436 g/mol. The van der Waals surface area contributed by atoms with Crippen molar-refractivity contribution in [3.05, 3.63) is 41.8 Å². The van der Waals surface area contributed by atoms with Crippen LogP contribution in [0.1, 0.15) is 37.9 Å². The van der Waals surface area contributed by atoms with E-state index in [1.165, 1.54) is 6.07 Å². The summed E-state index contributed by atoms with van der Waals surface area (Å²) >= 11 is 0. The molecule has 2 aliphatic heterocycles. The van der Waals surface area contributed by atoms with E-state index in [1.54, 1.807) is 30.2 Å². The Hall–Kier alpha value is -2.38. The van der Waals surface area contributed by atoms with Crippen LogP contribution >= 0.6 is 12.4 Å². The molecular formula is C22H27ClFN3O3. The van der Waals surface area contributed by atoms with Crippen LogP contribution in [0.2, 0.25) is 0 Å². The second kappa shape index (κ2) is 8.78. The highest BCUT2D eigenvalue weighted by Crippen LogP contribution is 2.40. The lowest BCUT2D eigenvalue weighted by Crippen LogP contribution is -2.47. The molecule has 0 saturated carbocycles. The second-order valence-corrected chi connectivity index (χ2v) is 7.69. The van der Waals surface area contributed by atoms with Crippen molar-refractivity contribution >= 4 is 18.3 Å². The van der Waals surface area contributed by atoms with Gasteiger partial charge in [0.25, 0.3) is 0 Å². The number of amides is 1. The summed E-state index contributed by atoms with van der Waals surface area (Å²) in [7, 11) is 3.38. The van der Waals surface area contributed by atoms with Crippen LogP contribution in [0, 0.1) is 5.82 Å². The molecule has 1 spiro atoms. The zero-order chi connectivity index (χ0) is 20.6. The lowest BCUT2D eigenvalue weighted by atomic mass is 9.96. The fourth-order valence-electron chi connectivity index (χ4n) is 4.34. The number of likely N-dealkylation sites (N-methyl/N-ethyl adjacent to an activating group) is 1. The molecule has 3 heterocycles. The van der Waals surface area contributed by atoms with Gasteiger partial charge in [0, 0.05) is 25.2 Å². The normalized spacial score (nSPS) is 23.0. The van der Waals surface area contributed by atoms with Crippen molar-refractivity contribution in [3.8, 4) is 22.8 Å². The number of carbonyl (C=O) groups is 1. The number of likely N-dealkylation sites (tertiary alicyclic amines) is 1. The Morgan fingerprint density at radius 1 is 1.30 bits per heavy atom. The van der Waals surface area contributed by atoms with E-state index >= 15 is 0 Å². The first-order valence-electron chi connectivity index (χ1n) is 9.98. The average Bonchev–Trinajstić information content (AvgIpc) is 3.29. The zero-order valence-electron chi connectivity index (χ0n) is 17.4. The van der Waals surface area contributed by atoms with Crippen molar-refractivity contribution in [2.75, 3.05) is 27.3 Å². The van der Waals surface area contributed by atoms with Crippen molar-refractivity contribution in [2.24, 2.45) is 0 Å². The smallest absolute Gasteiger partial charge is 0.242 e. The van der Waals surface area contributed by atoms with Crippen LogP contribution in [-0.2, 0) is 4.79 Å².